The van der Waals surface area contributed by atoms with Gasteiger partial charge in [0.15, 0.2) is 0 Å². The second-order valence-electron chi connectivity index (χ2n) is 9.22. The van der Waals surface area contributed by atoms with Crippen LogP contribution in [-0.2, 0) is 15.9 Å². The van der Waals surface area contributed by atoms with E-state index in [2.05, 4.69) is 30.3 Å². The van der Waals surface area contributed by atoms with Crippen LogP contribution in [0, 0.1) is 0 Å². The molecule has 5 heteroatoms. The van der Waals surface area contributed by atoms with E-state index in [1.54, 1.807) is 0 Å². The van der Waals surface area contributed by atoms with Crippen molar-refractivity contribution in [1.29, 1.82) is 0 Å². The molecule has 0 bridgehead atoms. The van der Waals surface area contributed by atoms with Gasteiger partial charge in [0.1, 0.15) is 0 Å². The zero-order valence-electron chi connectivity index (χ0n) is 17.1. The van der Waals surface area contributed by atoms with Crippen molar-refractivity contribution in [2.75, 3.05) is 13.2 Å². The van der Waals surface area contributed by atoms with Crippen LogP contribution in [0.3, 0.4) is 0 Å². The lowest BCUT2D eigenvalue weighted by molar-refractivity contribution is -0.113. The number of benzene rings is 2. The molecule has 3 fully saturated rings. The average Bonchev–Trinajstić information content (AvgIpc) is 3.38. The molecule has 0 radical (unpaired) electrons. The molecule has 4 atom stereocenters. The molecule has 1 saturated carbocycles. The molecule has 30 heavy (non-hydrogen) atoms. The summed E-state index contributed by atoms with van der Waals surface area (Å²) >= 11 is 6.50. The van der Waals surface area contributed by atoms with E-state index in [1.165, 1.54) is 24.0 Å². The van der Waals surface area contributed by atoms with Gasteiger partial charge in [0.05, 0.1) is 37.1 Å². The van der Waals surface area contributed by atoms with Crippen molar-refractivity contribution >= 4 is 11.6 Å². The lowest BCUT2D eigenvalue weighted by Crippen LogP contribution is -2.33. The van der Waals surface area contributed by atoms with E-state index in [4.69, 9.17) is 21.1 Å². The van der Waals surface area contributed by atoms with Gasteiger partial charge < -0.3 is 19.7 Å². The third kappa shape index (κ3) is 4.30. The zero-order valence-corrected chi connectivity index (χ0v) is 17.9. The van der Waals surface area contributed by atoms with Crippen molar-refractivity contribution in [3.8, 4) is 0 Å². The maximum atomic E-state index is 10.1. The van der Waals surface area contributed by atoms with E-state index >= 15 is 0 Å². The maximum absolute atomic E-state index is 10.1. The minimum atomic E-state index is -0.457. The molecule has 2 aliphatic heterocycles. The Morgan fingerprint density at radius 3 is 2.50 bits per heavy atom. The first kappa shape index (κ1) is 20.5. The Morgan fingerprint density at radius 2 is 1.80 bits per heavy atom. The van der Waals surface area contributed by atoms with E-state index in [1.807, 2.05) is 12.1 Å². The molecule has 2 aromatic rings. The number of aliphatic hydroxyl groups is 2. The summed E-state index contributed by atoms with van der Waals surface area (Å²) in [5.41, 5.74) is 4.84. The minimum Gasteiger partial charge on any atom is -0.394 e. The monoisotopic (exact) mass is 428 g/mol. The van der Waals surface area contributed by atoms with Crippen LogP contribution in [0.15, 0.2) is 42.5 Å². The first-order chi connectivity index (χ1) is 14.5. The number of halogens is 1. The number of hydrogen-bond acceptors (Lipinski definition) is 4. The molecule has 1 spiro atoms. The summed E-state index contributed by atoms with van der Waals surface area (Å²) in [6.45, 7) is 0.767. The summed E-state index contributed by atoms with van der Waals surface area (Å²) in [6.07, 6.45) is 4.36. The van der Waals surface area contributed by atoms with Gasteiger partial charge >= 0.3 is 0 Å². The molecule has 3 aliphatic rings. The highest BCUT2D eigenvalue weighted by atomic mass is 35.5. The molecule has 4 nitrogen and oxygen atoms in total. The Bertz CT molecular complexity index is 893. The fraction of sp³-hybridized carbons (Fsp3) is 0.520. The van der Waals surface area contributed by atoms with Crippen LogP contribution in [-0.4, -0.2) is 41.2 Å². The molecule has 2 aromatic carbocycles. The van der Waals surface area contributed by atoms with Crippen LogP contribution in [0.1, 0.15) is 66.4 Å². The molecule has 5 rings (SSSR count). The fourth-order valence-corrected chi connectivity index (χ4v) is 5.11. The Balaban J connectivity index is 1.29. The third-order valence-electron chi connectivity index (χ3n) is 6.89. The molecule has 2 N–H and O–H groups in total. The fourth-order valence-electron chi connectivity index (χ4n) is 4.93. The molecule has 0 amide bonds. The lowest BCUT2D eigenvalue weighted by Gasteiger charge is -2.32. The molecule has 1 aliphatic carbocycles. The summed E-state index contributed by atoms with van der Waals surface area (Å²) in [4.78, 5) is 0. The van der Waals surface area contributed by atoms with Crippen molar-refractivity contribution in [3.05, 3.63) is 69.7 Å². The first-order valence-corrected chi connectivity index (χ1v) is 11.4. The number of aliphatic hydroxyl groups excluding tert-OH is 2. The third-order valence-corrected chi connectivity index (χ3v) is 7.25. The van der Waals surface area contributed by atoms with E-state index < -0.39 is 6.10 Å². The van der Waals surface area contributed by atoms with Crippen LogP contribution < -0.4 is 0 Å². The van der Waals surface area contributed by atoms with Crippen LogP contribution in [0.4, 0.5) is 0 Å². The van der Waals surface area contributed by atoms with Crippen molar-refractivity contribution in [2.45, 2.75) is 68.4 Å². The zero-order chi connectivity index (χ0) is 20.7. The van der Waals surface area contributed by atoms with Gasteiger partial charge in [0.2, 0.25) is 0 Å². The Morgan fingerprint density at radius 1 is 1.03 bits per heavy atom. The highest BCUT2D eigenvalue weighted by Gasteiger charge is 2.50. The van der Waals surface area contributed by atoms with Crippen LogP contribution in [0.5, 0.6) is 0 Å². The van der Waals surface area contributed by atoms with Gasteiger partial charge in [-0.2, -0.15) is 0 Å². The first-order valence-electron chi connectivity index (χ1n) is 11.0. The quantitative estimate of drug-likeness (QED) is 0.734. The predicted octanol–water partition coefficient (Wildman–Crippen LogP) is 4.54. The number of hydrogen-bond donors (Lipinski definition) is 2. The van der Waals surface area contributed by atoms with E-state index in [0.29, 0.717) is 18.8 Å². The predicted molar refractivity (Wildman–Crippen MR) is 116 cm³/mol. The molecular weight excluding hydrogens is 400 g/mol. The van der Waals surface area contributed by atoms with Gasteiger partial charge in [0.25, 0.3) is 0 Å². The number of ether oxygens (including phenoxy) is 2. The molecule has 160 valence electrons. The molecule has 2 heterocycles. The van der Waals surface area contributed by atoms with E-state index in [0.717, 1.165) is 35.6 Å². The SMILES string of the molecule is OCC1CC(O)CC(c2ccc(Cl)c(Cc3ccc(C4COC5(CC5)C4)cc3)c2)O1. The van der Waals surface area contributed by atoms with Gasteiger partial charge in [-0.25, -0.2) is 0 Å². The van der Waals surface area contributed by atoms with Gasteiger partial charge in [-0.05, 0) is 54.0 Å². The normalized spacial score (nSPS) is 30.0. The van der Waals surface area contributed by atoms with Crippen molar-refractivity contribution in [2.24, 2.45) is 0 Å². The summed E-state index contributed by atoms with van der Waals surface area (Å²) < 4.78 is 12.0. The maximum Gasteiger partial charge on any atom is 0.0854 e. The smallest absolute Gasteiger partial charge is 0.0854 e. The van der Waals surface area contributed by atoms with Crippen molar-refractivity contribution in [3.63, 3.8) is 0 Å². The van der Waals surface area contributed by atoms with Crippen molar-refractivity contribution < 1.29 is 19.7 Å². The minimum absolute atomic E-state index is 0.0759. The topological polar surface area (TPSA) is 58.9 Å². The van der Waals surface area contributed by atoms with E-state index in [9.17, 15) is 10.2 Å². The molecule has 2 saturated heterocycles. The van der Waals surface area contributed by atoms with Crippen LogP contribution in [0.2, 0.25) is 5.02 Å². The number of rotatable bonds is 5. The standard InChI is InChI=1S/C25H29ClO4/c26-23-6-5-18(24-12-21(28)11-22(14-27)30-24)10-19(23)9-16-1-3-17(4-2-16)20-13-25(7-8-25)29-15-20/h1-6,10,20-22,24,27-28H,7-9,11-15H2. The molecule has 4 unspecified atom stereocenters. The molecular formula is C25H29ClO4. The van der Waals surface area contributed by atoms with Crippen LogP contribution in [0.25, 0.3) is 0 Å². The van der Waals surface area contributed by atoms with Crippen molar-refractivity contribution in [1.82, 2.24) is 0 Å². The Kier molecular flexibility index (Phi) is 5.63. The summed E-state index contributed by atoms with van der Waals surface area (Å²) in [5.74, 6) is 0.516. The van der Waals surface area contributed by atoms with E-state index in [-0.39, 0.29) is 24.4 Å². The van der Waals surface area contributed by atoms with Gasteiger partial charge in [-0.15, -0.1) is 0 Å². The second kappa shape index (κ2) is 8.25. The highest BCUT2D eigenvalue weighted by molar-refractivity contribution is 6.31. The molecule has 0 aromatic heterocycles. The summed E-state index contributed by atoms with van der Waals surface area (Å²) in [5, 5.41) is 20.3. The van der Waals surface area contributed by atoms with Crippen LogP contribution >= 0.6 is 11.6 Å². The summed E-state index contributed by atoms with van der Waals surface area (Å²) in [6, 6.07) is 14.8. The Labute approximate surface area is 182 Å². The average molecular weight is 429 g/mol. The van der Waals surface area contributed by atoms with Gasteiger partial charge in [-0.1, -0.05) is 48.0 Å². The highest BCUT2D eigenvalue weighted by Crippen LogP contribution is 2.51. The van der Waals surface area contributed by atoms with Gasteiger partial charge in [-0.3, -0.25) is 0 Å². The lowest BCUT2D eigenvalue weighted by atomic mass is 9.92. The summed E-state index contributed by atoms with van der Waals surface area (Å²) in [7, 11) is 0. The Hall–Kier alpha value is -1.43. The second-order valence-corrected chi connectivity index (χ2v) is 9.63. The largest absolute Gasteiger partial charge is 0.394 e. The van der Waals surface area contributed by atoms with Gasteiger partial charge in [0, 0.05) is 23.8 Å².